The predicted molar refractivity (Wildman–Crippen MR) is 130 cm³/mol. The summed E-state index contributed by atoms with van der Waals surface area (Å²) in [5.74, 6) is -0.851. The molecule has 0 fully saturated rings. The Balaban J connectivity index is 1.93. The highest BCUT2D eigenvalue weighted by molar-refractivity contribution is 6.04. The van der Waals surface area contributed by atoms with Crippen LogP contribution in [0.5, 0.6) is 0 Å². The Morgan fingerprint density at radius 3 is 1.94 bits per heavy atom. The van der Waals surface area contributed by atoms with Gasteiger partial charge in [-0.2, -0.15) is 0 Å². The van der Waals surface area contributed by atoms with Gasteiger partial charge in [-0.25, -0.2) is 9.78 Å². The molecule has 0 atom stereocenters. The number of nitrogens with zero attached hydrogens (tertiary/aromatic N) is 3. The van der Waals surface area contributed by atoms with Crippen molar-refractivity contribution in [1.82, 2.24) is 14.1 Å². The summed E-state index contributed by atoms with van der Waals surface area (Å²) in [5.41, 5.74) is 2.07. The molecule has 0 aliphatic carbocycles. The summed E-state index contributed by atoms with van der Waals surface area (Å²) >= 11 is 0. The van der Waals surface area contributed by atoms with Crippen molar-refractivity contribution in [2.24, 2.45) is 14.1 Å². The van der Waals surface area contributed by atoms with Crippen LogP contribution in [0.3, 0.4) is 0 Å². The molecule has 2 heterocycles. The molecule has 33 heavy (non-hydrogen) atoms. The average Bonchev–Trinajstić information content (AvgIpc) is 2.82. The number of rotatable bonds is 5. The van der Waals surface area contributed by atoms with Crippen molar-refractivity contribution in [1.29, 1.82) is 0 Å². The van der Waals surface area contributed by atoms with Gasteiger partial charge in [0.15, 0.2) is 5.65 Å². The molecule has 7 nitrogen and oxygen atoms in total. The lowest BCUT2D eigenvalue weighted by Gasteiger charge is -2.21. The van der Waals surface area contributed by atoms with E-state index in [1.165, 1.54) is 11.6 Å². The number of hydrogen-bond acceptors (Lipinski definition) is 4. The maximum atomic E-state index is 13.8. The van der Waals surface area contributed by atoms with E-state index in [4.69, 9.17) is 0 Å². The predicted octanol–water partition coefficient (Wildman–Crippen LogP) is 3.53. The minimum atomic E-state index is -0.577. The minimum absolute atomic E-state index is 0.00830. The van der Waals surface area contributed by atoms with Gasteiger partial charge in [0.1, 0.15) is 5.39 Å². The van der Waals surface area contributed by atoms with E-state index in [0.29, 0.717) is 5.69 Å². The average molecular weight is 443 g/mol. The molecule has 2 aromatic carbocycles. The highest BCUT2D eigenvalue weighted by Gasteiger charge is 2.26. The van der Waals surface area contributed by atoms with Crippen molar-refractivity contribution in [3.05, 3.63) is 104 Å². The molecule has 0 saturated heterocycles. The van der Waals surface area contributed by atoms with Crippen molar-refractivity contribution in [2.45, 2.75) is 25.7 Å². The van der Waals surface area contributed by atoms with Gasteiger partial charge in [0.2, 0.25) is 5.91 Å². The van der Waals surface area contributed by atoms with Crippen LogP contribution in [0.2, 0.25) is 0 Å². The first-order valence-corrected chi connectivity index (χ1v) is 10.8. The molecule has 0 radical (unpaired) electrons. The van der Waals surface area contributed by atoms with Gasteiger partial charge in [-0.1, -0.05) is 74.5 Å². The third kappa shape index (κ3) is 3.98. The zero-order chi connectivity index (χ0) is 23.7. The van der Waals surface area contributed by atoms with E-state index in [-0.39, 0.29) is 22.9 Å². The fourth-order valence-electron chi connectivity index (χ4n) is 4.10. The van der Waals surface area contributed by atoms with Crippen molar-refractivity contribution in [3.63, 3.8) is 0 Å². The number of aromatic nitrogens is 3. The molecule has 0 spiro atoms. The van der Waals surface area contributed by atoms with Crippen LogP contribution in [0.15, 0.2) is 76.4 Å². The molecule has 7 heteroatoms. The minimum Gasteiger partial charge on any atom is -0.324 e. The molecular formula is C26H26N4O3. The van der Waals surface area contributed by atoms with Gasteiger partial charge >= 0.3 is 5.69 Å². The quantitative estimate of drug-likeness (QED) is 0.512. The van der Waals surface area contributed by atoms with Gasteiger partial charge in [0.05, 0.1) is 11.6 Å². The summed E-state index contributed by atoms with van der Waals surface area (Å²) in [6.45, 7) is 3.94. The van der Waals surface area contributed by atoms with E-state index in [1.54, 1.807) is 13.2 Å². The second-order valence-electron chi connectivity index (χ2n) is 8.39. The van der Waals surface area contributed by atoms with Crippen molar-refractivity contribution >= 4 is 22.6 Å². The summed E-state index contributed by atoms with van der Waals surface area (Å²) in [4.78, 5) is 43.7. The number of carbonyl (C=O) groups excluding carboxylic acids is 1. The van der Waals surface area contributed by atoms with Crippen LogP contribution in [0, 0.1) is 0 Å². The Hall–Kier alpha value is -4.00. The number of pyridine rings is 1. The number of hydrogen-bond donors (Lipinski definition) is 1. The topological polar surface area (TPSA) is 86.0 Å². The fraction of sp³-hybridized carbons (Fsp3) is 0.231. The first kappa shape index (κ1) is 22.2. The van der Waals surface area contributed by atoms with E-state index < -0.39 is 17.2 Å². The standard InChI is InChI=1S/C26H26N4O3/c1-16(2)19-15-27-23-21(25(32)30(4)26(33)29(23)3)22(19)28-24(31)20(17-11-7-5-8-12-17)18-13-9-6-10-14-18/h5-16,20H,1-4H3,(H,27,28,31). The summed E-state index contributed by atoms with van der Waals surface area (Å²) < 4.78 is 2.36. The molecule has 0 aliphatic rings. The lowest BCUT2D eigenvalue weighted by atomic mass is 9.90. The SMILES string of the molecule is CC(C)c1cnc2c(c1NC(=O)C(c1ccccc1)c1ccccc1)c(=O)n(C)c(=O)n2C. The van der Waals surface area contributed by atoms with Gasteiger partial charge in [0, 0.05) is 20.3 Å². The Kier molecular flexibility index (Phi) is 5.96. The van der Waals surface area contributed by atoms with Crippen molar-refractivity contribution in [2.75, 3.05) is 5.32 Å². The maximum Gasteiger partial charge on any atom is 0.332 e. The largest absolute Gasteiger partial charge is 0.332 e. The van der Waals surface area contributed by atoms with Gasteiger partial charge in [0.25, 0.3) is 5.56 Å². The number of carbonyl (C=O) groups is 1. The normalized spacial score (nSPS) is 11.3. The highest BCUT2D eigenvalue weighted by atomic mass is 16.2. The Bertz CT molecular complexity index is 1400. The van der Waals surface area contributed by atoms with Crippen LogP contribution < -0.4 is 16.6 Å². The van der Waals surface area contributed by atoms with E-state index in [1.807, 2.05) is 74.5 Å². The summed E-state index contributed by atoms with van der Waals surface area (Å²) in [6.07, 6.45) is 1.63. The van der Waals surface area contributed by atoms with Gasteiger partial charge in [-0.05, 0) is 22.6 Å². The van der Waals surface area contributed by atoms with E-state index >= 15 is 0 Å². The fourth-order valence-corrected chi connectivity index (χ4v) is 4.10. The van der Waals surface area contributed by atoms with Crippen LogP contribution in [0.1, 0.15) is 42.4 Å². The molecule has 0 unspecified atom stereocenters. The molecular weight excluding hydrogens is 416 g/mol. The lowest BCUT2D eigenvalue weighted by molar-refractivity contribution is -0.116. The monoisotopic (exact) mass is 442 g/mol. The van der Waals surface area contributed by atoms with Crippen LogP contribution in [0.4, 0.5) is 5.69 Å². The number of aryl methyl sites for hydroxylation is 1. The molecule has 4 aromatic rings. The molecule has 0 aliphatic heterocycles. The van der Waals surface area contributed by atoms with Crippen LogP contribution >= 0.6 is 0 Å². The zero-order valence-corrected chi connectivity index (χ0v) is 19.1. The molecule has 2 aromatic heterocycles. The van der Waals surface area contributed by atoms with Crippen LogP contribution in [-0.2, 0) is 18.9 Å². The number of nitrogens with one attached hydrogen (secondary N) is 1. The second kappa shape index (κ2) is 8.86. The van der Waals surface area contributed by atoms with Crippen molar-refractivity contribution in [3.8, 4) is 0 Å². The van der Waals surface area contributed by atoms with E-state index in [9.17, 15) is 14.4 Å². The van der Waals surface area contributed by atoms with Crippen molar-refractivity contribution < 1.29 is 4.79 Å². The number of anilines is 1. The first-order valence-electron chi connectivity index (χ1n) is 10.8. The number of fused-ring (bicyclic) bond motifs is 1. The smallest absolute Gasteiger partial charge is 0.324 e. The lowest BCUT2D eigenvalue weighted by Crippen LogP contribution is -2.38. The Morgan fingerprint density at radius 2 is 1.42 bits per heavy atom. The van der Waals surface area contributed by atoms with E-state index in [2.05, 4.69) is 10.3 Å². The van der Waals surface area contributed by atoms with E-state index in [0.717, 1.165) is 21.3 Å². The summed E-state index contributed by atoms with van der Waals surface area (Å²) in [5, 5.41) is 3.26. The first-order chi connectivity index (χ1) is 15.8. The highest BCUT2D eigenvalue weighted by Crippen LogP contribution is 2.32. The molecule has 0 saturated carbocycles. The molecule has 1 amide bonds. The molecule has 168 valence electrons. The van der Waals surface area contributed by atoms with Gasteiger partial charge in [-0.3, -0.25) is 18.7 Å². The van der Waals surface area contributed by atoms with Gasteiger partial charge < -0.3 is 5.32 Å². The maximum absolute atomic E-state index is 13.8. The Morgan fingerprint density at radius 1 is 0.879 bits per heavy atom. The number of amides is 1. The van der Waals surface area contributed by atoms with Crippen LogP contribution in [0.25, 0.3) is 11.0 Å². The summed E-state index contributed by atoms with van der Waals surface area (Å²) in [7, 11) is 2.99. The number of benzene rings is 2. The summed E-state index contributed by atoms with van der Waals surface area (Å²) in [6, 6.07) is 19.0. The molecule has 0 bridgehead atoms. The van der Waals surface area contributed by atoms with Gasteiger partial charge in [-0.15, -0.1) is 0 Å². The van der Waals surface area contributed by atoms with Crippen LogP contribution in [-0.4, -0.2) is 20.0 Å². The third-order valence-electron chi connectivity index (χ3n) is 5.90. The third-order valence-corrected chi connectivity index (χ3v) is 5.90. The Labute approximate surface area is 191 Å². The molecule has 4 rings (SSSR count). The zero-order valence-electron chi connectivity index (χ0n) is 19.1. The molecule has 1 N–H and O–H groups in total. The second-order valence-corrected chi connectivity index (χ2v) is 8.39.